The quantitative estimate of drug-likeness (QED) is 0.210. The Kier molecular flexibility index (Phi) is 10.3. The first-order chi connectivity index (χ1) is 19.0. The summed E-state index contributed by atoms with van der Waals surface area (Å²) in [5.41, 5.74) is 4.01. The van der Waals surface area contributed by atoms with E-state index < -0.39 is 6.04 Å². The van der Waals surface area contributed by atoms with Crippen LogP contribution in [-0.2, 0) is 22.6 Å². The van der Waals surface area contributed by atoms with Gasteiger partial charge in [0.25, 0.3) is 0 Å². The first-order valence-corrected chi connectivity index (χ1v) is 13.9. The average Bonchev–Trinajstić information content (AvgIpc) is 2.97. The van der Waals surface area contributed by atoms with Gasteiger partial charge in [-0.05, 0) is 40.8 Å². The minimum absolute atomic E-state index is 0.0831. The first-order valence-electron chi connectivity index (χ1n) is 13.5. The van der Waals surface area contributed by atoms with E-state index in [9.17, 15) is 9.59 Å². The average molecular weight is 539 g/mol. The van der Waals surface area contributed by atoms with Crippen LogP contribution in [0.15, 0.2) is 115 Å². The molecule has 4 rings (SSSR count). The van der Waals surface area contributed by atoms with E-state index in [1.165, 1.54) is 0 Å². The van der Waals surface area contributed by atoms with Gasteiger partial charge in [-0.25, -0.2) is 0 Å². The van der Waals surface area contributed by atoms with Crippen LogP contribution >= 0.6 is 11.6 Å². The molecule has 0 radical (unpaired) electrons. The highest BCUT2D eigenvalue weighted by molar-refractivity contribution is 6.30. The maximum atomic E-state index is 14.3. The highest BCUT2D eigenvalue weighted by Crippen LogP contribution is 2.30. The van der Waals surface area contributed by atoms with Crippen molar-refractivity contribution in [1.29, 1.82) is 0 Å². The van der Waals surface area contributed by atoms with Crippen molar-refractivity contribution in [2.45, 2.75) is 44.7 Å². The monoisotopic (exact) mass is 538 g/mol. The molecule has 39 heavy (non-hydrogen) atoms. The van der Waals surface area contributed by atoms with E-state index in [2.05, 4.69) is 29.6 Å². The van der Waals surface area contributed by atoms with E-state index in [4.69, 9.17) is 11.6 Å². The zero-order valence-corrected chi connectivity index (χ0v) is 23.1. The van der Waals surface area contributed by atoms with E-state index in [-0.39, 0.29) is 30.7 Å². The van der Waals surface area contributed by atoms with Crippen molar-refractivity contribution in [3.8, 4) is 0 Å². The minimum atomic E-state index is -0.669. The molecule has 4 nitrogen and oxygen atoms in total. The molecule has 0 aliphatic carbocycles. The number of rotatable bonds is 12. The van der Waals surface area contributed by atoms with Crippen molar-refractivity contribution in [2.75, 3.05) is 6.54 Å². The van der Waals surface area contributed by atoms with Gasteiger partial charge in [-0.2, -0.15) is 0 Å². The van der Waals surface area contributed by atoms with Crippen molar-refractivity contribution in [3.05, 3.63) is 143 Å². The molecule has 1 N–H and O–H groups in total. The molecular formula is C34H35ClN2O2. The molecule has 0 aliphatic heterocycles. The third kappa shape index (κ3) is 8.05. The van der Waals surface area contributed by atoms with Gasteiger partial charge in [0.2, 0.25) is 11.8 Å². The Labute approximate surface area is 236 Å². The number of hydrogen-bond donors (Lipinski definition) is 1. The number of nitrogens with zero attached hydrogens (tertiary/aromatic N) is 1. The Bertz CT molecular complexity index is 1290. The van der Waals surface area contributed by atoms with Gasteiger partial charge in [0, 0.05) is 36.9 Å². The van der Waals surface area contributed by atoms with E-state index in [1.54, 1.807) is 4.90 Å². The summed E-state index contributed by atoms with van der Waals surface area (Å²) in [6, 6.07) is 36.9. The summed E-state index contributed by atoms with van der Waals surface area (Å²) in [5.74, 6) is -0.370. The fraction of sp³-hybridized carbons (Fsp3) is 0.235. The highest BCUT2D eigenvalue weighted by atomic mass is 35.5. The molecule has 200 valence electrons. The lowest BCUT2D eigenvalue weighted by molar-refractivity contribution is -0.141. The molecule has 0 aromatic heterocycles. The number of halogens is 1. The summed E-state index contributed by atoms with van der Waals surface area (Å²) < 4.78 is 0. The third-order valence-corrected chi connectivity index (χ3v) is 7.08. The third-order valence-electron chi connectivity index (χ3n) is 6.84. The zero-order chi connectivity index (χ0) is 27.5. The molecule has 0 unspecified atom stereocenters. The number of hydrogen-bond acceptors (Lipinski definition) is 2. The molecule has 1 atom stereocenters. The predicted molar refractivity (Wildman–Crippen MR) is 159 cm³/mol. The van der Waals surface area contributed by atoms with Gasteiger partial charge in [0.1, 0.15) is 6.04 Å². The van der Waals surface area contributed by atoms with Gasteiger partial charge < -0.3 is 10.2 Å². The Balaban J connectivity index is 1.72. The summed E-state index contributed by atoms with van der Waals surface area (Å²) in [7, 11) is 0. The van der Waals surface area contributed by atoms with Crippen molar-refractivity contribution in [2.24, 2.45) is 0 Å². The number of nitrogens with one attached hydrogen (secondary N) is 1. The van der Waals surface area contributed by atoms with Crippen LogP contribution in [0.1, 0.15) is 47.9 Å². The van der Waals surface area contributed by atoms with Crippen LogP contribution in [0.4, 0.5) is 0 Å². The summed E-state index contributed by atoms with van der Waals surface area (Å²) >= 11 is 6.31. The summed E-state index contributed by atoms with van der Waals surface area (Å²) in [4.78, 5) is 29.7. The maximum Gasteiger partial charge on any atom is 0.243 e. The molecule has 2 amide bonds. The van der Waals surface area contributed by atoms with E-state index in [0.717, 1.165) is 28.7 Å². The normalized spacial score (nSPS) is 11.7. The number of benzene rings is 4. The van der Waals surface area contributed by atoms with Crippen LogP contribution in [0.3, 0.4) is 0 Å². The topological polar surface area (TPSA) is 49.4 Å². The smallest absolute Gasteiger partial charge is 0.243 e. The highest BCUT2D eigenvalue weighted by Gasteiger charge is 2.32. The summed E-state index contributed by atoms with van der Waals surface area (Å²) in [6.45, 7) is 2.86. The van der Waals surface area contributed by atoms with E-state index in [1.807, 2.05) is 97.9 Å². The second kappa shape index (κ2) is 14.3. The zero-order valence-electron chi connectivity index (χ0n) is 22.3. The fourth-order valence-corrected chi connectivity index (χ4v) is 5.06. The Hall–Kier alpha value is -3.89. The maximum absolute atomic E-state index is 14.3. The fourth-order valence-electron chi connectivity index (χ4n) is 4.84. The van der Waals surface area contributed by atoms with Gasteiger partial charge in [0.05, 0.1) is 0 Å². The van der Waals surface area contributed by atoms with Crippen molar-refractivity contribution in [3.63, 3.8) is 0 Å². The number of amides is 2. The molecule has 0 bridgehead atoms. The van der Waals surface area contributed by atoms with Gasteiger partial charge in [-0.15, -0.1) is 0 Å². The lowest BCUT2D eigenvalue weighted by Crippen LogP contribution is -2.50. The first kappa shape index (κ1) is 28.1. The van der Waals surface area contributed by atoms with E-state index >= 15 is 0 Å². The van der Waals surface area contributed by atoms with E-state index in [0.29, 0.717) is 18.0 Å². The minimum Gasteiger partial charge on any atom is -0.354 e. The van der Waals surface area contributed by atoms with Crippen molar-refractivity contribution < 1.29 is 9.59 Å². The molecule has 4 aromatic carbocycles. The molecule has 0 spiro atoms. The number of carbonyl (C=O) groups excluding carboxylic acids is 2. The standard InChI is InChI=1S/C34H35ClN2O2/c1-2-21-36-34(39)32(23-26-13-6-3-7-14-26)37(25-27-15-12-20-30(35)22-27)33(38)24-31(28-16-8-4-9-17-28)29-18-10-5-11-19-29/h3-20,22,31-32H,2,21,23-25H2,1H3,(H,36,39)/t32-/m0/s1. The second-order valence-electron chi connectivity index (χ2n) is 9.73. The van der Waals surface area contributed by atoms with Gasteiger partial charge >= 0.3 is 0 Å². The largest absolute Gasteiger partial charge is 0.354 e. The lowest BCUT2D eigenvalue weighted by Gasteiger charge is -2.33. The molecule has 0 saturated heterocycles. The summed E-state index contributed by atoms with van der Waals surface area (Å²) in [6.07, 6.45) is 1.47. The molecule has 0 heterocycles. The number of carbonyl (C=O) groups is 2. The molecule has 0 fully saturated rings. The molecule has 4 aromatic rings. The van der Waals surface area contributed by atoms with Crippen molar-refractivity contribution in [1.82, 2.24) is 10.2 Å². The van der Waals surface area contributed by atoms with Crippen molar-refractivity contribution >= 4 is 23.4 Å². The second-order valence-corrected chi connectivity index (χ2v) is 10.2. The molecule has 0 saturated carbocycles. The van der Waals surface area contributed by atoms with Crippen LogP contribution < -0.4 is 5.32 Å². The van der Waals surface area contributed by atoms with Gasteiger partial charge in [-0.3, -0.25) is 9.59 Å². The van der Waals surface area contributed by atoms with Crippen LogP contribution in [0.5, 0.6) is 0 Å². The Morgan fingerprint density at radius 1 is 0.769 bits per heavy atom. The van der Waals surface area contributed by atoms with Crippen LogP contribution in [0, 0.1) is 0 Å². The van der Waals surface area contributed by atoms with Gasteiger partial charge in [-0.1, -0.05) is 122 Å². The molecule has 0 aliphatic rings. The summed E-state index contributed by atoms with van der Waals surface area (Å²) in [5, 5.41) is 3.64. The van der Waals surface area contributed by atoms with Gasteiger partial charge in [0.15, 0.2) is 0 Å². The molecule has 5 heteroatoms. The lowest BCUT2D eigenvalue weighted by atomic mass is 9.87. The van der Waals surface area contributed by atoms with Crippen LogP contribution in [-0.4, -0.2) is 29.3 Å². The van der Waals surface area contributed by atoms with Crippen LogP contribution in [0.2, 0.25) is 5.02 Å². The predicted octanol–water partition coefficient (Wildman–Crippen LogP) is 7.03. The molecular weight excluding hydrogens is 504 g/mol. The SMILES string of the molecule is CCCNC(=O)[C@H](Cc1ccccc1)N(Cc1cccc(Cl)c1)C(=O)CC(c1ccccc1)c1ccccc1. The van der Waals surface area contributed by atoms with Crippen LogP contribution in [0.25, 0.3) is 0 Å². The Morgan fingerprint density at radius 2 is 1.33 bits per heavy atom. The Morgan fingerprint density at radius 3 is 1.90 bits per heavy atom.